The van der Waals surface area contributed by atoms with Gasteiger partial charge in [0, 0.05) is 25.7 Å². The van der Waals surface area contributed by atoms with Gasteiger partial charge in [0.05, 0.1) is 23.3 Å². The van der Waals surface area contributed by atoms with Crippen LogP contribution in [0.3, 0.4) is 0 Å². The first kappa shape index (κ1) is 18.3. The predicted octanol–water partition coefficient (Wildman–Crippen LogP) is 3.11. The van der Waals surface area contributed by atoms with Gasteiger partial charge in [-0.05, 0) is 36.0 Å². The smallest absolute Gasteiger partial charge is 0.238 e. The van der Waals surface area contributed by atoms with Crippen molar-refractivity contribution in [2.24, 2.45) is 5.92 Å². The second-order valence-electron chi connectivity index (χ2n) is 6.91. The molecule has 0 bridgehead atoms. The fourth-order valence-corrected chi connectivity index (χ4v) is 5.17. The lowest BCUT2D eigenvalue weighted by Crippen LogP contribution is -2.57. The van der Waals surface area contributed by atoms with Gasteiger partial charge in [-0.1, -0.05) is 36.4 Å². The number of amides is 1. The Bertz CT molecular complexity index is 877. The quantitative estimate of drug-likeness (QED) is 0.758. The first-order valence-electron chi connectivity index (χ1n) is 9.12. The molecule has 2 aliphatic rings. The first-order valence-corrected chi connectivity index (χ1v) is 10.4. The van der Waals surface area contributed by atoms with Crippen molar-refractivity contribution in [2.45, 2.75) is 31.7 Å². The van der Waals surface area contributed by atoms with Gasteiger partial charge in [-0.25, -0.2) is 4.98 Å². The number of aryl methyl sites for hydroxylation is 2. The molecule has 140 valence electrons. The van der Waals surface area contributed by atoms with E-state index in [1.165, 1.54) is 10.5 Å². The minimum Gasteiger partial charge on any atom is -0.349 e. The lowest BCUT2D eigenvalue weighted by atomic mass is 10.0. The maximum atomic E-state index is 13.0. The van der Waals surface area contributed by atoms with Crippen LogP contribution in [0.2, 0.25) is 0 Å². The molecule has 1 aromatic heterocycles. The maximum absolute atomic E-state index is 13.0. The highest BCUT2D eigenvalue weighted by Crippen LogP contribution is 2.39. The predicted molar refractivity (Wildman–Crippen MR) is 112 cm³/mol. The number of carbonyl (C=O) groups is 1. The third-order valence-corrected chi connectivity index (χ3v) is 6.40. The van der Waals surface area contributed by atoms with Gasteiger partial charge < -0.3 is 9.88 Å². The Morgan fingerprint density at radius 1 is 1.26 bits per heavy atom. The minimum absolute atomic E-state index is 0.0243. The van der Waals surface area contributed by atoms with Crippen LogP contribution in [0.1, 0.15) is 17.7 Å². The highest BCUT2D eigenvalue weighted by Gasteiger charge is 2.42. The summed E-state index contributed by atoms with van der Waals surface area (Å²) in [5.41, 5.74) is 2.26. The first-order chi connectivity index (χ1) is 13.1. The summed E-state index contributed by atoms with van der Waals surface area (Å²) < 4.78 is 2.05. The average Bonchev–Trinajstić information content (AvgIpc) is 3.24. The summed E-state index contributed by atoms with van der Waals surface area (Å²) in [5.74, 6) is -0.0305. The van der Waals surface area contributed by atoms with Crippen molar-refractivity contribution >= 4 is 35.0 Å². The molecule has 1 amide bonds. The standard InChI is InChI=1S/C20H22N4OS2/c1-14-12-23(13-21-14)8-5-9-24-19(25)17-11-16(27-18(17)22-20(24)26)10-15-6-3-2-4-7-15/h2-4,6-7,11-13,17-18H,5,8-10H2,1H3,(H,22,26). The molecule has 1 saturated heterocycles. The topological polar surface area (TPSA) is 50.2 Å². The van der Waals surface area contributed by atoms with E-state index in [1.54, 1.807) is 16.7 Å². The maximum Gasteiger partial charge on any atom is 0.238 e. The van der Waals surface area contributed by atoms with Gasteiger partial charge in [-0.15, -0.1) is 11.8 Å². The second kappa shape index (κ2) is 7.86. The van der Waals surface area contributed by atoms with Crippen molar-refractivity contribution in [3.05, 3.63) is 65.1 Å². The van der Waals surface area contributed by atoms with Crippen LogP contribution < -0.4 is 5.32 Å². The van der Waals surface area contributed by atoms with Gasteiger partial charge in [-0.2, -0.15) is 0 Å². The molecule has 0 aliphatic carbocycles. The fraction of sp³-hybridized carbons (Fsp3) is 0.350. The zero-order valence-electron chi connectivity index (χ0n) is 15.2. The zero-order valence-corrected chi connectivity index (χ0v) is 16.8. The molecular formula is C20H22N4OS2. The summed E-state index contributed by atoms with van der Waals surface area (Å²) >= 11 is 7.19. The van der Waals surface area contributed by atoms with Crippen LogP contribution in [0.25, 0.3) is 0 Å². The zero-order chi connectivity index (χ0) is 18.8. The Balaban J connectivity index is 1.38. The number of nitrogens with zero attached hydrogens (tertiary/aromatic N) is 3. The van der Waals surface area contributed by atoms with E-state index in [-0.39, 0.29) is 17.2 Å². The summed E-state index contributed by atoms with van der Waals surface area (Å²) in [7, 11) is 0. The Labute approximate surface area is 168 Å². The van der Waals surface area contributed by atoms with E-state index in [0.29, 0.717) is 11.7 Å². The van der Waals surface area contributed by atoms with Crippen LogP contribution in [0.15, 0.2) is 53.8 Å². The lowest BCUT2D eigenvalue weighted by molar-refractivity contribution is -0.131. The van der Waals surface area contributed by atoms with Gasteiger partial charge >= 0.3 is 0 Å². The molecule has 3 heterocycles. The van der Waals surface area contributed by atoms with Crippen LogP contribution in [-0.4, -0.2) is 37.4 Å². The van der Waals surface area contributed by atoms with Crippen molar-refractivity contribution in [1.29, 1.82) is 0 Å². The number of benzene rings is 1. The number of thiocarbonyl (C=S) groups is 1. The SMILES string of the molecule is Cc1cn(CCCN2C(=O)C3C=C(Cc4ccccc4)SC3NC2=S)cn1. The summed E-state index contributed by atoms with van der Waals surface area (Å²) in [6.07, 6.45) is 7.66. The fourth-order valence-electron chi connectivity index (χ4n) is 3.48. The van der Waals surface area contributed by atoms with Crippen molar-refractivity contribution in [2.75, 3.05) is 6.54 Å². The summed E-state index contributed by atoms with van der Waals surface area (Å²) in [6.45, 7) is 3.42. The summed E-state index contributed by atoms with van der Waals surface area (Å²) in [6, 6.07) is 10.3. The lowest BCUT2D eigenvalue weighted by Gasteiger charge is -2.35. The Kier molecular flexibility index (Phi) is 5.31. The van der Waals surface area contributed by atoms with Crippen LogP contribution in [0.4, 0.5) is 0 Å². The van der Waals surface area contributed by atoms with Crippen LogP contribution in [-0.2, 0) is 17.8 Å². The molecule has 1 N–H and O–H groups in total. The van der Waals surface area contributed by atoms with E-state index in [0.717, 1.165) is 25.1 Å². The van der Waals surface area contributed by atoms with Gasteiger partial charge in [-0.3, -0.25) is 9.69 Å². The number of imidazole rings is 1. The molecular weight excluding hydrogens is 376 g/mol. The van der Waals surface area contributed by atoms with E-state index >= 15 is 0 Å². The van der Waals surface area contributed by atoms with E-state index in [9.17, 15) is 4.79 Å². The molecule has 2 aromatic rings. The molecule has 0 saturated carbocycles. The van der Waals surface area contributed by atoms with Crippen LogP contribution in [0, 0.1) is 12.8 Å². The Morgan fingerprint density at radius 2 is 2.07 bits per heavy atom. The van der Waals surface area contributed by atoms with Crippen molar-refractivity contribution in [3.63, 3.8) is 0 Å². The molecule has 5 nitrogen and oxygen atoms in total. The third kappa shape index (κ3) is 4.09. The number of fused-ring (bicyclic) bond motifs is 1. The number of allylic oxidation sites excluding steroid dienone is 1. The Hall–Kier alpha value is -2.12. The number of hydrogen-bond donors (Lipinski definition) is 1. The molecule has 1 fully saturated rings. The number of rotatable bonds is 6. The largest absolute Gasteiger partial charge is 0.349 e. The van der Waals surface area contributed by atoms with Gasteiger partial charge in [0.2, 0.25) is 5.91 Å². The number of aromatic nitrogens is 2. The number of nitrogens with one attached hydrogen (secondary N) is 1. The Morgan fingerprint density at radius 3 is 2.81 bits per heavy atom. The number of carbonyl (C=O) groups excluding carboxylic acids is 1. The minimum atomic E-state index is -0.143. The summed E-state index contributed by atoms with van der Waals surface area (Å²) in [4.78, 5) is 20.2. The molecule has 2 unspecified atom stereocenters. The molecule has 0 spiro atoms. The molecule has 4 rings (SSSR count). The van der Waals surface area contributed by atoms with E-state index in [2.05, 4.69) is 28.5 Å². The van der Waals surface area contributed by atoms with E-state index in [4.69, 9.17) is 12.2 Å². The number of hydrogen-bond acceptors (Lipinski definition) is 4. The monoisotopic (exact) mass is 398 g/mol. The van der Waals surface area contributed by atoms with Gasteiger partial charge in [0.1, 0.15) is 0 Å². The summed E-state index contributed by atoms with van der Waals surface area (Å²) in [5, 5.41) is 3.93. The highest BCUT2D eigenvalue weighted by molar-refractivity contribution is 8.04. The van der Waals surface area contributed by atoms with E-state index < -0.39 is 0 Å². The molecule has 1 aromatic carbocycles. The second-order valence-corrected chi connectivity index (χ2v) is 8.56. The van der Waals surface area contributed by atoms with Crippen molar-refractivity contribution in [1.82, 2.24) is 19.8 Å². The van der Waals surface area contributed by atoms with Gasteiger partial charge in [0.25, 0.3) is 0 Å². The molecule has 0 radical (unpaired) electrons. The van der Waals surface area contributed by atoms with Crippen LogP contribution >= 0.6 is 24.0 Å². The van der Waals surface area contributed by atoms with E-state index in [1.807, 2.05) is 42.2 Å². The normalized spacial score (nSPS) is 21.8. The third-order valence-electron chi connectivity index (χ3n) is 4.81. The molecule has 27 heavy (non-hydrogen) atoms. The molecule has 2 aliphatic heterocycles. The number of thioether (sulfide) groups is 1. The highest BCUT2D eigenvalue weighted by atomic mass is 32.2. The van der Waals surface area contributed by atoms with Crippen LogP contribution in [0.5, 0.6) is 0 Å². The van der Waals surface area contributed by atoms with Crippen molar-refractivity contribution < 1.29 is 4.79 Å². The average molecular weight is 399 g/mol. The molecule has 2 atom stereocenters. The van der Waals surface area contributed by atoms with Crippen molar-refractivity contribution in [3.8, 4) is 0 Å². The molecule has 7 heteroatoms. The van der Waals surface area contributed by atoms with Gasteiger partial charge in [0.15, 0.2) is 5.11 Å².